The third-order valence-electron chi connectivity index (χ3n) is 5.51. The summed E-state index contributed by atoms with van der Waals surface area (Å²) < 4.78 is 2.26. The van der Waals surface area contributed by atoms with Gasteiger partial charge in [-0.3, -0.25) is 9.59 Å². The molecule has 2 aliphatic carbocycles. The average Bonchev–Trinajstić information content (AvgIpc) is 3.54. The molecule has 1 N–H and O–H groups in total. The van der Waals surface area contributed by atoms with Crippen molar-refractivity contribution in [3.8, 4) is 0 Å². The third-order valence-corrected chi connectivity index (χ3v) is 6.45. The van der Waals surface area contributed by atoms with Gasteiger partial charge in [-0.25, -0.2) is 0 Å². The minimum Gasteiger partial charge on any atom is -0.356 e. The predicted octanol–water partition coefficient (Wildman–Crippen LogP) is 3.03. The van der Waals surface area contributed by atoms with E-state index in [4.69, 9.17) is 0 Å². The number of hydrogen-bond acceptors (Lipinski definition) is 5. The molecular formula is C19H23N5O2S. The van der Waals surface area contributed by atoms with Gasteiger partial charge in [-0.1, -0.05) is 11.8 Å². The van der Waals surface area contributed by atoms with E-state index in [1.165, 1.54) is 37.4 Å². The Bertz CT molecular complexity index is 875. The highest BCUT2D eigenvalue weighted by atomic mass is 32.2. The van der Waals surface area contributed by atoms with Crippen molar-refractivity contribution in [2.75, 3.05) is 18.8 Å². The molecular weight excluding hydrogens is 362 g/mol. The number of hydrogen-bond donors (Lipinski definition) is 1. The van der Waals surface area contributed by atoms with Gasteiger partial charge >= 0.3 is 0 Å². The Balaban J connectivity index is 1.24. The maximum Gasteiger partial charge on any atom is 0.270 e. The largest absolute Gasteiger partial charge is 0.356 e. The van der Waals surface area contributed by atoms with E-state index < -0.39 is 0 Å². The van der Waals surface area contributed by atoms with Gasteiger partial charge in [0, 0.05) is 36.8 Å². The van der Waals surface area contributed by atoms with Crippen molar-refractivity contribution >= 4 is 23.5 Å². The highest BCUT2D eigenvalue weighted by Gasteiger charge is 2.36. The van der Waals surface area contributed by atoms with Gasteiger partial charge in [-0.15, -0.1) is 10.2 Å². The van der Waals surface area contributed by atoms with E-state index in [1.54, 1.807) is 12.3 Å². The Morgan fingerprint density at radius 1 is 1.15 bits per heavy atom. The minimum absolute atomic E-state index is 0.00930. The molecule has 1 saturated heterocycles. The average molecular weight is 385 g/mol. The van der Waals surface area contributed by atoms with E-state index in [1.807, 2.05) is 4.90 Å². The summed E-state index contributed by atoms with van der Waals surface area (Å²) in [6, 6.07) is 2.20. The maximum absolute atomic E-state index is 12.6. The highest BCUT2D eigenvalue weighted by molar-refractivity contribution is 7.99. The quantitative estimate of drug-likeness (QED) is 0.585. The minimum atomic E-state index is -0.0123. The number of amides is 1. The summed E-state index contributed by atoms with van der Waals surface area (Å²) in [4.78, 5) is 29.8. The zero-order chi connectivity index (χ0) is 18.4. The number of H-pyrrole nitrogens is 1. The molecule has 0 unspecified atom stereocenters. The van der Waals surface area contributed by atoms with Gasteiger partial charge in [0.05, 0.1) is 5.75 Å². The molecule has 3 heterocycles. The molecule has 27 heavy (non-hydrogen) atoms. The second kappa shape index (κ2) is 6.82. The first-order chi connectivity index (χ1) is 13.2. The van der Waals surface area contributed by atoms with E-state index in [9.17, 15) is 9.59 Å². The van der Waals surface area contributed by atoms with E-state index in [2.05, 4.69) is 19.7 Å². The first kappa shape index (κ1) is 17.0. The van der Waals surface area contributed by atoms with E-state index in [0.29, 0.717) is 29.0 Å². The van der Waals surface area contributed by atoms with Gasteiger partial charge in [-0.05, 0) is 44.6 Å². The van der Waals surface area contributed by atoms with Gasteiger partial charge < -0.3 is 14.5 Å². The fraction of sp³-hybridized carbons (Fsp3) is 0.579. The standard InChI is InChI=1S/C19H23N5O2S/c25-16(13-9-15(20-10-13)18(26)23-7-1-2-8-23)11-27-19-22-21-17(12-3-4-12)24(19)14-5-6-14/h9-10,12,14,20H,1-8,11H2. The lowest BCUT2D eigenvalue weighted by atomic mass is 10.2. The van der Waals surface area contributed by atoms with Crippen LogP contribution in [0.15, 0.2) is 17.4 Å². The van der Waals surface area contributed by atoms with Crippen molar-refractivity contribution in [2.24, 2.45) is 0 Å². The van der Waals surface area contributed by atoms with Crippen LogP contribution in [0.4, 0.5) is 0 Å². The summed E-state index contributed by atoms with van der Waals surface area (Å²) in [5.41, 5.74) is 1.06. The first-order valence-electron chi connectivity index (χ1n) is 9.79. The molecule has 3 fully saturated rings. The van der Waals surface area contributed by atoms with Crippen molar-refractivity contribution in [3.05, 3.63) is 29.3 Å². The van der Waals surface area contributed by atoms with Gasteiger partial charge in [0.2, 0.25) is 0 Å². The fourth-order valence-corrected chi connectivity index (χ4v) is 4.57. The second-order valence-corrected chi connectivity index (χ2v) is 8.67. The van der Waals surface area contributed by atoms with Crippen molar-refractivity contribution in [1.29, 1.82) is 0 Å². The second-order valence-electron chi connectivity index (χ2n) is 7.73. The van der Waals surface area contributed by atoms with Crippen molar-refractivity contribution in [1.82, 2.24) is 24.6 Å². The van der Waals surface area contributed by atoms with Gasteiger partial charge in [-0.2, -0.15) is 0 Å². The van der Waals surface area contributed by atoms with Gasteiger partial charge in [0.15, 0.2) is 10.9 Å². The molecule has 1 aliphatic heterocycles. The van der Waals surface area contributed by atoms with Crippen LogP contribution in [0.3, 0.4) is 0 Å². The highest BCUT2D eigenvalue weighted by Crippen LogP contribution is 2.46. The number of carbonyl (C=O) groups is 2. The Hall–Kier alpha value is -2.09. The fourth-order valence-electron chi connectivity index (χ4n) is 3.67. The molecule has 0 radical (unpaired) electrons. The van der Waals surface area contributed by atoms with Crippen molar-refractivity contribution < 1.29 is 9.59 Å². The normalized spacial score (nSPS) is 19.6. The summed E-state index contributed by atoms with van der Waals surface area (Å²) in [5, 5.41) is 9.59. The van der Waals surface area contributed by atoms with E-state index in [0.717, 1.165) is 36.9 Å². The van der Waals surface area contributed by atoms with Crippen LogP contribution >= 0.6 is 11.8 Å². The van der Waals surface area contributed by atoms with E-state index >= 15 is 0 Å². The lowest BCUT2D eigenvalue weighted by molar-refractivity contribution is 0.0787. The molecule has 5 rings (SSSR count). The number of aromatic nitrogens is 4. The smallest absolute Gasteiger partial charge is 0.270 e. The summed E-state index contributed by atoms with van der Waals surface area (Å²) in [7, 11) is 0. The summed E-state index contributed by atoms with van der Waals surface area (Å²) in [6.07, 6.45) is 8.52. The van der Waals surface area contributed by atoms with Crippen LogP contribution in [0.5, 0.6) is 0 Å². The van der Waals surface area contributed by atoms with Crippen LogP contribution in [0, 0.1) is 0 Å². The number of nitrogens with zero attached hydrogens (tertiary/aromatic N) is 4. The molecule has 7 nitrogen and oxygen atoms in total. The molecule has 1 amide bonds. The molecule has 0 aromatic carbocycles. The Morgan fingerprint density at radius 2 is 1.93 bits per heavy atom. The van der Waals surface area contributed by atoms with Gasteiger partial charge in [0.1, 0.15) is 11.5 Å². The van der Waals surface area contributed by atoms with Crippen LogP contribution in [0.2, 0.25) is 0 Å². The molecule has 2 aromatic rings. The van der Waals surface area contributed by atoms with Crippen molar-refractivity contribution in [3.63, 3.8) is 0 Å². The number of likely N-dealkylation sites (tertiary alicyclic amines) is 1. The van der Waals surface area contributed by atoms with Crippen LogP contribution in [0.25, 0.3) is 0 Å². The number of Topliss-reactive ketones (excluding diaryl/α,β-unsaturated/α-hetero) is 1. The zero-order valence-electron chi connectivity index (χ0n) is 15.2. The van der Waals surface area contributed by atoms with Crippen molar-refractivity contribution in [2.45, 2.75) is 55.6 Å². The molecule has 142 valence electrons. The lowest BCUT2D eigenvalue weighted by Crippen LogP contribution is -2.27. The lowest BCUT2D eigenvalue weighted by Gasteiger charge is -2.13. The van der Waals surface area contributed by atoms with E-state index in [-0.39, 0.29) is 11.7 Å². The number of carbonyl (C=O) groups excluding carboxylic acids is 2. The zero-order valence-corrected chi connectivity index (χ0v) is 16.0. The number of aromatic amines is 1. The summed E-state index contributed by atoms with van der Waals surface area (Å²) in [5.74, 6) is 1.97. The molecule has 0 spiro atoms. The molecule has 0 atom stereocenters. The third kappa shape index (κ3) is 3.42. The SMILES string of the molecule is O=C(CSc1nnc(C2CC2)n1C1CC1)c1c[nH]c(C(=O)N2CCCC2)c1. The number of nitrogens with one attached hydrogen (secondary N) is 1. The monoisotopic (exact) mass is 385 g/mol. The Kier molecular flexibility index (Phi) is 4.30. The predicted molar refractivity (Wildman–Crippen MR) is 101 cm³/mol. The Labute approximate surface area is 161 Å². The first-order valence-corrected chi connectivity index (χ1v) is 10.8. The molecule has 8 heteroatoms. The summed E-state index contributed by atoms with van der Waals surface area (Å²) in [6.45, 7) is 1.61. The molecule has 2 saturated carbocycles. The topological polar surface area (TPSA) is 83.9 Å². The maximum atomic E-state index is 12.6. The summed E-state index contributed by atoms with van der Waals surface area (Å²) >= 11 is 1.46. The van der Waals surface area contributed by atoms with Gasteiger partial charge in [0.25, 0.3) is 5.91 Å². The number of ketones is 1. The Morgan fingerprint density at radius 3 is 2.63 bits per heavy atom. The molecule has 2 aromatic heterocycles. The molecule has 0 bridgehead atoms. The number of rotatable bonds is 7. The van der Waals surface area contributed by atoms with Crippen LogP contribution in [0.1, 0.15) is 77.2 Å². The number of thioether (sulfide) groups is 1. The van der Waals surface area contributed by atoms with Crippen LogP contribution < -0.4 is 0 Å². The molecule has 3 aliphatic rings. The van der Waals surface area contributed by atoms with Crippen LogP contribution in [-0.4, -0.2) is 55.2 Å². The van der Waals surface area contributed by atoms with Crippen LogP contribution in [-0.2, 0) is 0 Å².